The maximum absolute atomic E-state index is 11.3. The van der Waals surface area contributed by atoms with Crippen molar-refractivity contribution in [2.75, 3.05) is 17.6 Å². The Balaban J connectivity index is 2.04. The van der Waals surface area contributed by atoms with Gasteiger partial charge in [0.25, 0.3) is 0 Å². The van der Waals surface area contributed by atoms with E-state index in [1.54, 1.807) is 16.9 Å². The minimum Gasteiger partial charge on any atom is -0.399 e. The van der Waals surface area contributed by atoms with E-state index in [1.807, 2.05) is 13.2 Å². The lowest BCUT2D eigenvalue weighted by Crippen LogP contribution is -2.13. The number of aryl methyl sites for hydroxylation is 1. The van der Waals surface area contributed by atoms with Crippen LogP contribution in [0.2, 0.25) is 0 Å². The minimum atomic E-state index is -3.76. The second-order valence-corrected chi connectivity index (χ2v) is 6.10. The molecule has 0 aliphatic carbocycles. The van der Waals surface area contributed by atoms with Gasteiger partial charge in [-0.25, -0.2) is 13.6 Å². The van der Waals surface area contributed by atoms with E-state index in [1.165, 1.54) is 12.1 Å². The number of hydrogen-bond donors (Lipinski definition) is 3. The van der Waals surface area contributed by atoms with E-state index < -0.39 is 10.0 Å². The molecule has 0 unspecified atom stereocenters. The quantitative estimate of drug-likeness (QED) is 0.686. The highest BCUT2D eigenvalue weighted by Crippen LogP contribution is 2.19. The lowest BCUT2D eigenvalue weighted by molar-refractivity contribution is 0.598. The van der Waals surface area contributed by atoms with Gasteiger partial charge in [-0.3, -0.25) is 4.68 Å². The molecule has 1 aromatic heterocycles. The van der Waals surface area contributed by atoms with E-state index in [9.17, 15) is 8.42 Å². The summed E-state index contributed by atoms with van der Waals surface area (Å²) in [6, 6.07) is 4.47. The zero-order valence-electron chi connectivity index (χ0n) is 11.1. The first kappa shape index (κ1) is 14.4. The number of nitrogen functional groups attached to an aromatic ring is 1. The number of nitrogens with one attached hydrogen (secondary N) is 1. The Morgan fingerprint density at radius 1 is 1.35 bits per heavy atom. The van der Waals surface area contributed by atoms with Gasteiger partial charge in [-0.2, -0.15) is 5.10 Å². The molecule has 7 nitrogen and oxygen atoms in total. The van der Waals surface area contributed by atoms with Gasteiger partial charge in [-0.1, -0.05) is 0 Å². The van der Waals surface area contributed by atoms with Gasteiger partial charge in [0.1, 0.15) is 0 Å². The maximum atomic E-state index is 11.3. The number of rotatable bonds is 5. The van der Waals surface area contributed by atoms with Crippen LogP contribution in [0.3, 0.4) is 0 Å². The fourth-order valence-corrected chi connectivity index (χ4v) is 2.43. The fourth-order valence-electron chi connectivity index (χ4n) is 1.84. The SMILES string of the molecule is Cn1cc(CCNc2cc(N)cc(S(N)(=O)=O)c2)cn1. The summed E-state index contributed by atoms with van der Waals surface area (Å²) < 4.78 is 24.4. The molecular formula is C12H17N5O2S. The van der Waals surface area contributed by atoms with Crippen molar-refractivity contribution in [1.29, 1.82) is 0 Å². The Labute approximate surface area is 117 Å². The normalized spacial score (nSPS) is 11.5. The van der Waals surface area contributed by atoms with Crippen molar-refractivity contribution in [1.82, 2.24) is 9.78 Å². The Hall–Kier alpha value is -2.06. The van der Waals surface area contributed by atoms with Crippen LogP contribution in [-0.2, 0) is 23.5 Å². The molecule has 20 heavy (non-hydrogen) atoms. The van der Waals surface area contributed by atoms with Gasteiger partial charge in [0, 0.05) is 31.2 Å². The first-order valence-corrected chi connectivity index (χ1v) is 7.54. The number of nitrogens with zero attached hydrogens (tertiary/aromatic N) is 2. The van der Waals surface area contributed by atoms with Gasteiger partial charge in [0.05, 0.1) is 11.1 Å². The van der Waals surface area contributed by atoms with Gasteiger partial charge >= 0.3 is 0 Å². The third-order valence-corrected chi connectivity index (χ3v) is 3.65. The van der Waals surface area contributed by atoms with Crippen molar-refractivity contribution in [3.63, 3.8) is 0 Å². The molecule has 0 atom stereocenters. The zero-order chi connectivity index (χ0) is 14.8. The molecule has 0 saturated heterocycles. The highest BCUT2D eigenvalue weighted by molar-refractivity contribution is 7.89. The van der Waals surface area contributed by atoms with Crippen molar-refractivity contribution in [2.45, 2.75) is 11.3 Å². The third kappa shape index (κ3) is 3.72. The average molecular weight is 295 g/mol. The molecule has 108 valence electrons. The third-order valence-electron chi connectivity index (χ3n) is 2.76. The molecule has 8 heteroatoms. The van der Waals surface area contributed by atoms with Crippen molar-refractivity contribution in [3.8, 4) is 0 Å². The predicted molar refractivity (Wildman–Crippen MR) is 77.6 cm³/mol. The van der Waals surface area contributed by atoms with Crippen molar-refractivity contribution < 1.29 is 8.42 Å². The van der Waals surface area contributed by atoms with Gasteiger partial charge in [0.2, 0.25) is 10.0 Å². The first-order chi connectivity index (χ1) is 9.34. The van der Waals surface area contributed by atoms with Gasteiger partial charge < -0.3 is 11.1 Å². The average Bonchev–Trinajstić information content (AvgIpc) is 2.73. The van der Waals surface area contributed by atoms with Crippen molar-refractivity contribution in [3.05, 3.63) is 36.2 Å². The van der Waals surface area contributed by atoms with Gasteiger partial charge in [-0.15, -0.1) is 0 Å². The van der Waals surface area contributed by atoms with Crippen molar-refractivity contribution in [2.24, 2.45) is 12.2 Å². The number of hydrogen-bond acceptors (Lipinski definition) is 5. The summed E-state index contributed by atoms with van der Waals surface area (Å²) in [6.45, 7) is 0.638. The minimum absolute atomic E-state index is 0.00128. The summed E-state index contributed by atoms with van der Waals surface area (Å²) >= 11 is 0. The molecule has 0 fully saturated rings. The van der Waals surface area contributed by atoms with E-state index in [-0.39, 0.29) is 4.90 Å². The largest absolute Gasteiger partial charge is 0.399 e. The van der Waals surface area contributed by atoms with E-state index in [2.05, 4.69) is 10.4 Å². The zero-order valence-corrected chi connectivity index (χ0v) is 11.9. The lowest BCUT2D eigenvalue weighted by Gasteiger charge is -2.08. The maximum Gasteiger partial charge on any atom is 0.238 e. The van der Waals surface area contributed by atoms with Crippen LogP contribution in [0.5, 0.6) is 0 Å². The van der Waals surface area contributed by atoms with E-state index in [4.69, 9.17) is 10.9 Å². The summed E-state index contributed by atoms with van der Waals surface area (Å²) in [5, 5.41) is 12.3. The van der Waals surface area contributed by atoms with Crippen molar-refractivity contribution >= 4 is 21.4 Å². The molecule has 0 bridgehead atoms. The molecule has 0 radical (unpaired) electrons. The standard InChI is InChI=1S/C12H17N5O2S/c1-17-8-9(7-16-17)2-3-15-11-4-10(13)5-12(6-11)20(14,18)19/h4-8,15H,2-3,13H2,1H3,(H2,14,18,19). The molecule has 1 aromatic carbocycles. The molecule has 1 heterocycles. The Bertz CT molecular complexity index is 708. The van der Waals surface area contributed by atoms with Crippen LogP contribution in [0.25, 0.3) is 0 Å². The summed E-state index contributed by atoms with van der Waals surface area (Å²) in [5.41, 5.74) is 7.73. The van der Waals surface area contributed by atoms with Gasteiger partial charge in [-0.05, 0) is 30.2 Å². The highest BCUT2D eigenvalue weighted by Gasteiger charge is 2.09. The first-order valence-electron chi connectivity index (χ1n) is 5.99. The van der Waals surface area contributed by atoms with Crippen LogP contribution in [0, 0.1) is 0 Å². The van der Waals surface area contributed by atoms with Crippen LogP contribution in [-0.4, -0.2) is 24.7 Å². The molecule has 2 rings (SSSR count). The molecule has 0 saturated carbocycles. The number of aromatic nitrogens is 2. The Kier molecular flexibility index (Phi) is 3.96. The monoisotopic (exact) mass is 295 g/mol. The smallest absolute Gasteiger partial charge is 0.238 e. The van der Waals surface area contributed by atoms with Crippen LogP contribution in [0.1, 0.15) is 5.56 Å². The Morgan fingerprint density at radius 3 is 2.70 bits per heavy atom. The fraction of sp³-hybridized carbons (Fsp3) is 0.250. The number of benzene rings is 1. The van der Waals surface area contributed by atoms with E-state index >= 15 is 0 Å². The van der Waals surface area contributed by atoms with Crippen LogP contribution in [0.4, 0.5) is 11.4 Å². The molecule has 0 aliphatic heterocycles. The lowest BCUT2D eigenvalue weighted by atomic mass is 10.2. The summed E-state index contributed by atoms with van der Waals surface area (Å²) in [5.74, 6) is 0. The molecule has 2 aromatic rings. The summed E-state index contributed by atoms with van der Waals surface area (Å²) in [7, 11) is -1.90. The number of nitrogens with two attached hydrogens (primary N) is 2. The topological polar surface area (TPSA) is 116 Å². The van der Waals surface area contributed by atoms with Gasteiger partial charge in [0.15, 0.2) is 0 Å². The molecule has 0 aliphatic rings. The Morgan fingerprint density at radius 2 is 2.10 bits per heavy atom. The second-order valence-electron chi connectivity index (χ2n) is 4.53. The van der Waals surface area contributed by atoms with E-state index in [0.29, 0.717) is 17.9 Å². The predicted octanol–water partition coefficient (Wildman–Crippen LogP) is 0.304. The molecule has 0 spiro atoms. The van der Waals surface area contributed by atoms with Crippen LogP contribution < -0.4 is 16.2 Å². The number of anilines is 2. The van der Waals surface area contributed by atoms with E-state index in [0.717, 1.165) is 12.0 Å². The molecule has 0 amide bonds. The number of sulfonamides is 1. The summed E-state index contributed by atoms with van der Waals surface area (Å²) in [6.07, 6.45) is 4.49. The molecule has 5 N–H and O–H groups in total. The second kappa shape index (κ2) is 5.51. The summed E-state index contributed by atoms with van der Waals surface area (Å²) in [4.78, 5) is 0.00128. The van der Waals surface area contributed by atoms with Crippen LogP contribution in [0.15, 0.2) is 35.5 Å². The molecular weight excluding hydrogens is 278 g/mol. The highest BCUT2D eigenvalue weighted by atomic mass is 32.2. The van der Waals surface area contributed by atoms with Crippen LogP contribution >= 0.6 is 0 Å². The number of primary sulfonamides is 1.